The molecule has 0 saturated carbocycles. The van der Waals surface area contributed by atoms with Gasteiger partial charge in [0.25, 0.3) is 0 Å². The zero-order chi connectivity index (χ0) is 11.5. The average Bonchev–Trinajstić information content (AvgIpc) is 2.29. The monoisotopic (exact) mass is 232 g/mol. The first-order chi connectivity index (χ1) is 7.68. The Morgan fingerprint density at radius 2 is 1.88 bits per heavy atom. The Bertz CT molecular complexity index is 526. The maximum Gasteiger partial charge on any atom is 0.161 e. The zero-order valence-corrected chi connectivity index (χ0v) is 9.40. The van der Waals surface area contributed by atoms with Gasteiger partial charge >= 0.3 is 0 Å². The van der Waals surface area contributed by atoms with Crippen LogP contribution in [0, 0.1) is 0 Å². The van der Waals surface area contributed by atoms with Crippen molar-refractivity contribution in [1.82, 2.24) is 9.97 Å². The van der Waals surface area contributed by atoms with Gasteiger partial charge in [-0.3, -0.25) is 4.79 Å². The van der Waals surface area contributed by atoms with Crippen LogP contribution < -0.4 is 0 Å². The number of rotatable bonds is 2. The van der Waals surface area contributed by atoms with Gasteiger partial charge in [-0.1, -0.05) is 17.7 Å². The summed E-state index contributed by atoms with van der Waals surface area (Å²) in [6.07, 6.45) is 4.87. The van der Waals surface area contributed by atoms with Crippen LogP contribution in [0.3, 0.4) is 0 Å². The van der Waals surface area contributed by atoms with E-state index in [1.165, 1.54) is 13.3 Å². The first-order valence-electron chi connectivity index (χ1n) is 4.74. The summed E-state index contributed by atoms with van der Waals surface area (Å²) in [5, 5.41) is 0.453. The Morgan fingerprint density at radius 3 is 2.44 bits per heavy atom. The molecule has 0 amide bonds. The number of carbonyl (C=O) groups is 1. The first kappa shape index (κ1) is 10.8. The lowest BCUT2D eigenvalue weighted by molar-refractivity contribution is 0.101. The van der Waals surface area contributed by atoms with E-state index in [1.54, 1.807) is 24.5 Å². The van der Waals surface area contributed by atoms with Gasteiger partial charge in [0.15, 0.2) is 5.78 Å². The molecule has 0 radical (unpaired) electrons. The highest BCUT2D eigenvalue weighted by Crippen LogP contribution is 2.24. The number of hydrogen-bond acceptors (Lipinski definition) is 3. The van der Waals surface area contributed by atoms with Gasteiger partial charge in [0.1, 0.15) is 6.33 Å². The van der Waals surface area contributed by atoms with Gasteiger partial charge in [-0.05, 0) is 24.6 Å². The number of benzene rings is 1. The van der Waals surface area contributed by atoms with E-state index in [4.69, 9.17) is 11.6 Å². The largest absolute Gasteiger partial charge is 0.294 e. The van der Waals surface area contributed by atoms with Crippen LogP contribution in [0.25, 0.3) is 11.1 Å². The summed E-state index contributed by atoms with van der Waals surface area (Å²) in [4.78, 5) is 19.1. The van der Waals surface area contributed by atoms with Gasteiger partial charge in [0, 0.05) is 23.5 Å². The highest BCUT2D eigenvalue weighted by atomic mass is 35.5. The molecule has 0 saturated heterocycles. The highest BCUT2D eigenvalue weighted by Gasteiger charge is 2.07. The summed E-state index contributed by atoms with van der Waals surface area (Å²) < 4.78 is 0. The summed E-state index contributed by atoms with van der Waals surface area (Å²) in [6, 6.07) is 5.30. The molecule has 1 aromatic heterocycles. The van der Waals surface area contributed by atoms with Crippen LogP contribution in [0.1, 0.15) is 17.3 Å². The van der Waals surface area contributed by atoms with E-state index < -0.39 is 0 Å². The number of aromatic nitrogens is 2. The molecule has 16 heavy (non-hydrogen) atoms. The van der Waals surface area contributed by atoms with E-state index in [-0.39, 0.29) is 5.78 Å². The van der Waals surface area contributed by atoms with Crippen molar-refractivity contribution in [2.24, 2.45) is 0 Å². The lowest BCUT2D eigenvalue weighted by Crippen LogP contribution is -1.93. The van der Waals surface area contributed by atoms with E-state index in [0.717, 1.165) is 11.1 Å². The fourth-order valence-electron chi connectivity index (χ4n) is 1.43. The SMILES string of the molecule is CC(=O)c1ccc(-c2cncnc2)cc1Cl. The van der Waals surface area contributed by atoms with Crippen LogP contribution in [0.2, 0.25) is 5.02 Å². The van der Waals surface area contributed by atoms with Gasteiger partial charge in [0.05, 0.1) is 5.02 Å². The molecule has 0 fully saturated rings. The lowest BCUT2D eigenvalue weighted by atomic mass is 10.1. The van der Waals surface area contributed by atoms with Gasteiger partial charge in [-0.15, -0.1) is 0 Å². The number of Topliss-reactive ketones (excluding diaryl/α,β-unsaturated/α-hetero) is 1. The zero-order valence-electron chi connectivity index (χ0n) is 8.64. The van der Waals surface area contributed by atoms with E-state index >= 15 is 0 Å². The highest BCUT2D eigenvalue weighted by molar-refractivity contribution is 6.34. The molecule has 0 bridgehead atoms. The Hall–Kier alpha value is -1.74. The summed E-state index contributed by atoms with van der Waals surface area (Å²) in [6.45, 7) is 1.49. The maximum absolute atomic E-state index is 11.2. The van der Waals surface area contributed by atoms with Crippen LogP contribution in [-0.4, -0.2) is 15.8 Å². The quantitative estimate of drug-likeness (QED) is 0.748. The molecule has 0 spiro atoms. The fraction of sp³-hybridized carbons (Fsp3) is 0.0833. The van der Waals surface area contributed by atoms with Gasteiger partial charge in [-0.25, -0.2) is 9.97 Å². The Kier molecular flexibility index (Phi) is 2.97. The normalized spacial score (nSPS) is 10.1. The molecule has 0 N–H and O–H groups in total. The van der Waals surface area contributed by atoms with Gasteiger partial charge in [-0.2, -0.15) is 0 Å². The summed E-state index contributed by atoms with van der Waals surface area (Å²) in [5.74, 6) is -0.0409. The minimum absolute atomic E-state index is 0.0409. The van der Waals surface area contributed by atoms with E-state index in [1.807, 2.05) is 6.07 Å². The Labute approximate surface area is 98.1 Å². The number of hydrogen-bond donors (Lipinski definition) is 0. The molecule has 80 valence electrons. The number of nitrogens with zero attached hydrogens (tertiary/aromatic N) is 2. The second-order valence-electron chi connectivity index (χ2n) is 3.38. The number of ketones is 1. The smallest absolute Gasteiger partial charge is 0.161 e. The Balaban J connectivity index is 2.46. The van der Waals surface area contributed by atoms with E-state index in [0.29, 0.717) is 10.6 Å². The molecule has 1 aromatic carbocycles. The van der Waals surface area contributed by atoms with Crippen molar-refractivity contribution in [2.45, 2.75) is 6.92 Å². The van der Waals surface area contributed by atoms with Crippen molar-refractivity contribution in [3.05, 3.63) is 47.5 Å². The minimum atomic E-state index is -0.0409. The molecule has 0 aliphatic rings. The molecule has 0 atom stereocenters. The van der Waals surface area contributed by atoms with Crippen molar-refractivity contribution >= 4 is 17.4 Å². The predicted octanol–water partition coefficient (Wildman–Crippen LogP) is 3.00. The second-order valence-corrected chi connectivity index (χ2v) is 3.79. The van der Waals surface area contributed by atoms with Crippen molar-refractivity contribution in [3.8, 4) is 11.1 Å². The van der Waals surface area contributed by atoms with E-state index in [9.17, 15) is 4.79 Å². The maximum atomic E-state index is 11.2. The molecule has 4 heteroatoms. The third-order valence-electron chi connectivity index (χ3n) is 2.24. The molecule has 0 aliphatic carbocycles. The third-order valence-corrected chi connectivity index (χ3v) is 2.55. The van der Waals surface area contributed by atoms with Crippen molar-refractivity contribution in [1.29, 1.82) is 0 Å². The van der Waals surface area contributed by atoms with Crippen LogP contribution >= 0.6 is 11.6 Å². The Morgan fingerprint density at radius 1 is 1.19 bits per heavy atom. The molecular formula is C12H9ClN2O. The standard InChI is InChI=1S/C12H9ClN2O/c1-8(16)11-3-2-9(4-12(11)13)10-5-14-7-15-6-10/h2-7H,1H3. The molecule has 0 unspecified atom stereocenters. The fourth-order valence-corrected chi connectivity index (χ4v) is 1.74. The minimum Gasteiger partial charge on any atom is -0.294 e. The van der Waals surface area contributed by atoms with Crippen LogP contribution in [-0.2, 0) is 0 Å². The molecule has 1 heterocycles. The molecule has 2 rings (SSSR count). The van der Waals surface area contributed by atoms with Crippen LogP contribution in [0.5, 0.6) is 0 Å². The van der Waals surface area contributed by atoms with Gasteiger partial charge < -0.3 is 0 Å². The van der Waals surface area contributed by atoms with Crippen LogP contribution in [0.15, 0.2) is 36.9 Å². The number of carbonyl (C=O) groups excluding carboxylic acids is 1. The first-order valence-corrected chi connectivity index (χ1v) is 5.12. The van der Waals surface area contributed by atoms with Crippen molar-refractivity contribution in [2.75, 3.05) is 0 Å². The lowest BCUT2D eigenvalue weighted by Gasteiger charge is -2.04. The predicted molar refractivity (Wildman–Crippen MR) is 62.5 cm³/mol. The summed E-state index contributed by atoms with van der Waals surface area (Å²) in [5.41, 5.74) is 2.30. The van der Waals surface area contributed by atoms with Crippen molar-refractivity contribution in [3.63, 3.8) is 0 Å². The topological polar surface area (TPSA) is 42.9 Å². The summed E-state index contributed by atoms with van der Waals surface area (Å²) >= 11 is 6.01. The number of halogens is 1. The van der Waals surface area contributed by atoms with Gasteiger partial charge in [0.2, 0.25) is 0 Å². The van der Waals surface area contributed by atoms with E-state index in [2.05, 4.69) is 9.97 Å². The third kappa shape index (κ3) is 2.09. The molecule has 0 aliphatic heterocycles. The molecule has 2 aromatic rings. The second kappa shape index (κ2) is 4.41. The van der Waals surface area contributed by atoms with Crippen LogP contribution in [0.4, 0.5) is 0 Å². The molecular weight excluding hydrogens is 224 g/mol. The van der Waals surface area contributed by atoms with Crippen molar-refractivity contribution < 1.29 is 4.79 Å². The molecule has 3 nitrogen and oxygen atoms in total. The average molecular weight is 233 g/mol. The summed E-state index contributed by atoms with van der Waals surface area (Å²) in [7, 11) is 0.